The highest BCUT2D eigenvalue weighted by Gasteiger charge is 2.34. The van der Waals surface area contributed by atoms with Crippen LogP contribution in [-0.4, -0.2) is 55.3 Å². The molecule has 2 rings (SSSR count). The van der Waals surface area contributed by atoms with Crippen molar-refractivity contribution in [2.75, 3.05) is 26.2 Å². The molecular formula is C12H21N3O3S. The molecule has 0 bridgehead atoms. The second kappa shape index (κ2) is 6.13. The van der Waals surface area contributed by atoms with Crippen molar-refractivity contribution in [3.8, 4) is 0 Å². The molecule has 0 amide bonds. The lowest BCUT2D eigenvalue weighted by molar-refractivity contribution is 0.246. The minimum atomic E-state index is -3.38. The third-order valence-electron chi connectivity index (χ3n) is 3.99. The molecule has 0 N–H and O–H groups in total. The van der Waals surface area contributed by atoms with Gasteiger partial charge in [-0.05, 0) is 31.6 Å². The van der Waals surface area contributed by atoms with Crippen molar-refractivity contribution in [3.05, 3.63) is 0 Å². The Hall–Kier alpha value is -0.750. The van der Waals surface area contributed by atoms with Crippen LogP contribution in [-0.2, 0) is 15.0 Å². The minimum Gasteiger partial charge on any atom is -0.211 e. The summed E-state index contributed by atoms with van der Waals surface area (Å²) in [6, 6.07) is -0.232. The van der Waals surface area contributed by atoms with E-state index in [0.29, 0.717) is 32.1 Å². The number of hydrogen-bond acceptors (Lipinski definition) is 4. The van der Waals surface area contributed by atoms with Crippen LogP contribution < -0.4 is 0 Å². The predicted octanol–water partition coefficient (Wildman–Crippen LogP) is 0.763. The molecular weight excluding hydrogens is 266 g/mol. The molecule has 2 aliphatic heterocycles. The maximum absolute atomic E-state index is 12.5. The molecule has 0 aromatic heterocycles. The van der Waals surface area contributed by atoms with Crippen LogP contribution in [0.2, 0.25) is 0 Å². The molecule has 19 heavy (non-hydrogen) atoms. The van der Waals surface area contributed by atoms with E-state index in [1.54, 1.807) is 4.31 Å². The van der Waals surface area contributed by atoms with E-state index in [4.69, 9.17) is 0 Å². The van der Waals surface area contributed by atoms with Gasteiger partial charge in [-0.1, -0.05) is 6.92 Å². The quantitative estimate of drug-likeness (QED) is 0.568. The van der Waals surface area contributed by atoms with Gasteiger partial charge in [0.1, 0.15) is 0 Å². The maximum Gasteiger partial charge on any atom is 0.282 e. The van der Waals surface area contributed by atoms with Crippen LogP contribution in [0.4, 0.5) is 0 Å². The van der Waals surface area contributed by atoms with Gasteiger partial charge in [0.25, 0.3) is 10.2 Å². The van der Waals surface area contributed by atoms with Crippen LogP contribution in [0, 0.1) is 5.92 Å². The van der Waals surface area contributed by atoms with Gasteiger partial charge in [-0.25, -0.2) is 9.79 Å². The number of isocyanates is 1. The number of carbonyl (C=O) groups excluding carboxylic acids is 1. The van der Waals surface area contributed by atoms with Gasteiger partial charge in [-0.3, -0.25) is 0 Å². The first kappa shape index (κ1) is 14.7. The third-order valence-corrected chi connectivity index (χ3v) is 5.99. The Morgan fingerprint density at radius 1 is 1.11 bits per heavy atom. The zero-order valence-electron chi connectivity index (χ0n) is 11.3. The van der Waals surface area contributed by atoms with Crippen LogP contribution in [0.1, 0.15) is 32.6 Å². The van der Waals surface area contributed by atoms with E-state index < -0.39 is 10.2 Å². The van der Waals surface area contributed by atoms with E-state index >= 15 is 0 Å². The highest BCUT2D eigenvalue weighted by Crippen LogP contribution is 2.23. The molecule has 2 fully saturated rings. The SMILES string of the molecule is CC1CCN(S(=O)(=O)N2CCCC(N=C=O)C2)CC1. The maximum atomic E-state index is 12.5. The van der Waals surface area contributed by atoms with Crippen molar-refractivity contribution >= 4 is 16.3 Å². The zero-order chi connectivity index (χ0) is 13.9. The Morgan fingerprint density at radius 2 is 1.79 bits per heavy atom. The molecule has 0 spiro atoms. The van der Waals surface area contributed by atoms with E-state index in [-0.39, 0.29) is 6.04 Å². The van der Waals surface area contributed by atoms with Gasteiger partial charge in [-0.2, -0.15) is 17.0 Å². The Balaban J connectivity index is 2.04. The first-order chi connectivity index (χ1) is 9.04. The highest BCUT2D eigenvalue weighted by atomic mass is 32.2. The van der Waals surface area contributed by atoms with E-state index in [9.17, 15) is 13.2 Å². The van der Waals surface area contributed by atoms with Crippen LogP contribution >= 0.6 is 0 Å². The highest BCUT2D eigenvalue weighted by molar-refractivity contribution is 7.86. The molecule has 0 radical (unpaired) electrons. The minimum absolute atomic E-state index is 0.232. The number of nitrogens with zero attached hydrogens (tertiary/aromatic N) is 3. The lowest BCUT2D eigenvalue weighted by Crippen LogP contribution is -2.50. The monoisotopic (exact) mass is 287 g/mol. The molecule has 108 valence electrons. The summed E-state index contributed by atoms with van der Waals surface area (Å²) in [5, 5.41) is 0. The summed E-state index contributed by atoms with van der Waals surface area (Å²) in [4.78, 5) is 14.0. The average molecular weight is 287 g/mol. The fraction of sp³-hybridized carbons (Fsp3) is 0.917. The first-order valence-electron chi connectivity index (χ1n) is 6.86. The standard InChI is InChI=1S/C12H21N3O3S/c1-11-4-7-14(8-5-11)19(17,18)15-6-2-3-12(9-15)13-10-16/h11-12H,2-9H2,1H3. The van der Waals surface area contributed by atoms with Crippen LogP contribution in [0.3, 0.4) is 0 Å². The van der Waals surface area contributed by atoms with Crippen molar-refractivity contribution in [1.82, 2.24) is 8.61 Å². The summed E-state index contributed by atoms with van der Waals surface area (Å²) in [7, 11) is -3.38. The van der Waals surface area contributed by atoms with Gasteiger partial charge < -0.3 is 0 Å². The van der Waals surface area contributed by atoms with Gasteiger partial charge in [0.2, 0.25) is 6.08 Å². The average Bonchev–Trinajstić information content (AvgIpc) is 2.40. The summed E-state index contributed by atoms with van der Waals surface area (Å²) in [5.41, 5.74) is 0. The van der Waals surface area contributed by atoms with Gasteiger partial charge in [0.05, 0.1) is 6.04 Å². The molecule has 1 unspecified atom stereocenters. The summed E-state index contributed by atoms with van der Waals surface area (Å²) >= 11 is 0. The lowest BCUT2D eigenvalue weighted by Gasteiger charge is -2.36. The second-order valence-electron chi connectivity index (χ2n) is 5.46. The molecule has 2 saturated heterocycles. The van der Waals surface area contributed by atoms with Gasteiger partial charge >= 0.3 is 0 Å². The van der Waals surface area contributed by atoms with E-state index in [2.05, 4.69) is 11.9 Å². The van der Waals surface area contributed by atoms with Crippen LogP contribution in [0.5, 0.6) is 0 Å². The fourth-order valence-electron chi connectivity index (χ4n) is 2.69. The van der Waals surface area contributed by atoms with Gasteiger partial charge in [0, 0.05) is 26.2 Å². The molecule has 2 aliphatic rings. The summed E-state index contributed by atoms with van der Waals surface area (Å²) in [6.07, 6.45) is 4.89. The first-order valence-corrected chi connectivity index (χ1v) is 8.26. The fourth-order valence-corrected chi connectivity index (χ4v) is 4.41. The zero-order valence-corrected chi connectivity index (χ0v) is 12.1. The van der Waals surface area contributed by atoms with Crippen LogP contribution in [0.25, 0.3) is 0 Å². The molecule has 2 heterocycles. The normalized spacial score (nSPS) is 27.9. The molecule has 7 heteroatoms. The molecule has 0 aliphatic carbocycles. The topological polar surface area (TPSA) is 70.1 Å². The van der Waals surface area contributed by atoms with Crippen molar-refractivity contribution in [2.45, 2.75) is 38.6 Å². The summed E-state index contributed by atoms with van der Waals surface area (Å²) < 4.78 is 28.1. The van der Waals surface area contributed by atoms with Crippen molar-refractivity contribution in [1.29, 1.82) is 0 Å². The second-order valence-corrected chi connectivity index (χ2v) is 7.39. The van der Waals surface area contributed by atoms with Gasteiger partial charge in [0.15, 0.2) is 0 Å². The predicted molar refractivity (Wildman–Crippen MR) is 71.6 cm³/mol. The molecule has 6 nitrogen and oxygen atoms in total. The van der Waals surface area contributed by atoms with E-state index in [0.717, 1.165) is 25.7 Å². The van der Waals surface area contributed by atoms with Crippen molar-refractivity contribution in [3.63, 3.8) is 0 Å². The van der Waals surface area contributed by atoms with Crippen molar-refractivity contribution in [2.24, 2.45) is 10.9 Å². The number of aliphatic imine (C=N–C) groups is 1. The number of hydrogen-bond donors (Lipinski definition) is 0. The van der Waals surface area contributed by atoms with Crippen molar-refractivity contribution < 1.29 is 13.2 Å². The Morgan fingerprint density at radius 3 is 2.42 bits per heavy atom. The Bertz CT molecular complexity index is 451. The Kier molecular flexibility index (Phi) is 4.73. The van der Waals surface area contributed by atoms with E-state index in [1.807, 2.05) is 0 Å². The molecule has 0 aromatic rings. The number of piperidine rings is 2. The van der Waals surface area contributed by atoms with Crippen LogP contribution in [0.15, 0.2) is 4.99 Å². The third kappa shape index (κ3) is 3.42. The molecule has 0 aromatic carbocycles. The van der Waals surface area contributed by atoms with Gasteiger partial charge in [-0.15, -0.1) is 0 Å². The molecule has 0 saturated carbocycles. The summed E-state index contributed by atoms with van der Waals surface area (Å²) in [6.45, 7) is 4.19. The van der Waals surface area contributed by atoms with E-state index in [1.165, 1.54) is 10.4 Å². The molecule has 1 atom stereocenters. The largest absolute Gasteiger partial charge is 0.282 e. The Labute approximate surface area is 114 Å². The number of rotatable bonds is 3. The lowest BCUT2D eigenvalue weighted by atomic mass is 10.0. The smallest absolute Gasteiger partial charge is 0.211 e. The summed E-state index contributed by atoms with van der Waals surface area (Å²) in [5.74, 6) is 0.597.